The van der Waals surface area contributed by atoms with Crippen molar-refractivity contribution in [1.82, 2.24) is 10.2 Å². The van der Waals surface area contributed by atoms with Gasteiger partial charge in [-0.25, -0.2) is 0 Å². The lowest BCUT2D eigenvalue weighted by Gasteiger charge is -2.31. The van der Waals surface area contributed by atoms with Crippen LogP contribution in [0.3, 0.4) is 0 Å². The van der Waals surface area contributed by atoms with Gasteiger partial charge in [0.25, 0.3) is 5.91 Å². The first-order valence-corrected chi connectivity index (χ1v) is 9.14. The van der Waals surface area contributed by atoms with E-state index < -0.39 is 17.7 Å². The van der Waals surface area contributed by atoms with Crippen LogP contribution in [-0.4, -0.2) is 74.5 Å². The highest BCUT2D eigenvalue weighted by Gasteiger charge is 2.38. The summed E-state index contributed by atoms with van der Waals surface area (Å²) < 4.78 is 10.4. The first-order chi connectivity index (χ1) is 13.1. The number of carbonyl (C=O) groups excluding carboxylic acids is 2. The minimum Gasteiger partial charge on any atom is -0.497 e. The molecule has 1 atom stereocenters. The number of anilines is 1. The maximum atomic E-state index is 12.8. The van der Waals surface area contributed by atoms with Crippen LogP contribution >= 0.6 is 12.2 Å². The molecule has 0 radical (unpaired) electrons. The van der Waals surface area contributed by atoms with E-state index in [1.807, 2.05) is 0 Å². The average molecular weight is 390 g/mol. The highest BCUT2D eigenvalue weighted by molar-refractivity contribution is 7.80. The number of carbonyl (C=O) groups is 2. The molecule has 27 heavy (non-hydrogen) atoms. The van der Waals surface area contributed by atoms with Gasteiger partial charge in [-0.3, -0.25) is 24.4 Å². The van der Waals surface area contributed by atoms with E-state index in [-0.39, 0.29) is 5.11 Å². The van der Waals surface area contributed by atoms with Crippen LogP contribution in [0.1, 0.15) is 0 Å². The van der Waals surface area contributed by atoms with Crippen LogP contribution in [0.15, 0.2) is 29.3 Å². The van der Waals surface area contributed by atoms with Crippen LogP contribution in [-0.2, 0) is 14.3 Å². The molecule has 0 unspecified atom stereocenters. The Labute approximate surface area is 163 Å². The summed E-state index contributed by atoms with van der Waals surface area (Å²) >= 11 is 5.18. The lowest BCUT2D eigenvalue weighted by atomic mass is 10.1. The first-order valence-electron chi connectivity index (χ1n) is 8.73. The summed E-state index contributed by atoms with van der Waals surface area (Å²) in [5.74, 6) is -1.20. The number of hydrogen-bond acceptors (Lipinski definition) is 7. The molecule has 2 aliphatic heterocycles. The minimum atomic E-state index is -0.997. The van der Waals surface area contributed by atoms with Crippen molar-refractivity contribution in [2.75, 3.05) is 51.4 Å². The zero-order valence-electron chi connectivity index (χ0n) is 15.1. The van der Waals surface area contributed by atoms with E-state index in [1.165, 1.54) is 11.1 Å². The summed E-state index contributed by atoms with van der Waals surface area (Å²) in [5, 5.41) is 2.64. The molecular formula is C18H22N4O4S. The summed E-state index contributed by atoms with van der Waals surface area (Å²) in [6.45, 7) is 4.48. The Morgan fingerprint density at radius 1 is 1.30 bits per heavy atom. The van der Waals surface area contributed by atoms with E-state index in [1.54, 1.807) is 31.4 Å². The highest BCUT2D eigenvalue weighted by atomic mass is 32.1. The van der Waals surface area contributed by atoms with Crippen LogP contribution in [0.2, 0.25) is 0 Å². The maximum Gasteiger partial charge on any atom is 0.251 e. The molecule has 2 saturated heterocycles. The van der Waals surface area contributed by atoms with Gasteiger partial charge in [0, 0.05) is 25.8 Å². The largest absolute Gasteiger partial charge is 0.497 e. The Kier molecular flexibility index (Phi) is 6.49. The highest BCUT2D eigenvalue weighted by Crippen LogP contribution is 2.23. The monoisotopic (exact) mass is 390 g/mol. The second-order valence-electron chi connectivity index (χ2n) is 6.15. The molecule has 0 aliphatic carbocycles. The van der Waals surface area contributed by atoms with Crippen LogP contribution < -0.4 is 15.0 Å². The molecule has 144 valence electrons. The van der Waals surface area contributed by atoms with E-state index >= 15 is 0 Å². The van der Waals surface area contributed by atoms with Gasteiger partial charge >= 0.3 is 0 Å². The Morgan fingerprint density at radius 2 is 2.00 bits per heavy atom. The molecule has 2 amide bonds. The van der Waals surface area contributed by atoms with Crippen molar-refractivity contribution in [2.45, 2.75) is 0 Å². The molecule has 2 heterocycles. The lowest BCUT2D eigenvalue weighted by molar-refractivity contribution is -0.130. The van der Waals surface area contributed by atoms with Gasteiger partial charge in [0.1, 0.15) is 5.75 Å². The quantitative estimate of drug-likeness (QED) is 0.432. The molecule has 3 rings (SSSR count). The van der Waals surface area contributed by atoms with Crippen LogP contribution in [0.25, 0.3) is 0 Å². The third-order valence-electron chi connectivity index (χ3n) is 4.44. The Balaban J connectivity index is 1.65. The fraction of sp³-hybridized carbons (Fsp3) is 0.444. The second-order valence-corrected chi connectivity index (χ2v) is 6.54. The van der Waals surface area contributed by atoms with E-state index in [2.05, 4.69) is 15.2 Å². The molecule has 8 nitrogen and oxygen atoms in total. The third-order valence-corrected chi connectivity index (χ3v) is 4.72. The number of methoxy groups -OCH3 is 1. The number of hydrogen-bond donors (Lipinski definition) is 1. The molecule has 2 aliphatic rings. The van der Waals surface area contributed by atoms with Crippen molar-refractivity contribution in [3.8, 4) is 5.75 Å². The lowest BCUT2D eigenvalue weighted by Crippen LogP contribution is -2.58. The fourth-order valence-corrected chi connectivity index (χ4v) is 3.20. The van der Waals surface area contributed by atoms with E-state index in [4.69, 9.17) is 21.7 Å². The van der Waals surface area contributed by atoms with Gasteiger partial charge in [0.15, 0.2) is 11.0 Å². The molecule has 0 saturated carbocycles. The van der Waals surface area contributed by atoms with Crippen molar-refractivity contribution >= 4 is 41.0 Å². The van der Waals surface area contributed by atoms with Crippen molar-refractivity contribution in [3.63, 3.8) is 0 Å². The number of benzene rings is 1. The summed E-state index contributed by atoms with van der Waals surface area (Å²) in [5.41, 5.74) is 0.567. The molecule has 0 bridgehead atoms. The zero-order chi connectivity index (χ0) is 19.2. The number of nitrogens with one attached hydrogen (secondary N) is 1. The normalized spacial score (nSPS) is 21.6. The van der Waals surface area contributed by atoms with Crippen molar-refractivity contribution in [2.24, 2.45) is 10.9 Å². The molecule has 9 heteroatoms. The van der Waals surface area contributed by atoms with Crippen molar-refractivity contribution in [1.29, 1.82) is 0 Å². The first kappa shape index (κ1) is 19.4. The van der Waals surface area contributed by atoms with E-state index in [9.17, 15) is 9.59 Å². The van der Waals surface area contributed by atoms with Gasteiger partial charge in [-0.2, -0.15) is 0 Å². The zero-order valence-corrected chi connectivity index (χ0v) is 15.9. The van der Waals surface area contributed by atoms with Crippen LogP contribution in [0.5, 0.6) is 5.75 Å². The second kappa shape index (κ2) is 9.03. The Bertz CT molecular complexity index is 731. The topological polar surface area (TPSA) is 83.5 Å². The number of thiocarbonyl (C=S) groups is 1. The van der Waals surface area contributed by atoms with Gasteiger partial charge in [-0.1, -0.05) is 0 Å². The maximum absolute atomic E-state index is 12.8. The summed E-state index contributed by atoms with van der Waals surface area (Å²) in [4.78, 5) is 32.9. The number of morpholine rings is 1. The number of ether oxygens (including phenoxy) is 2. The van der Waals surface area contributed by atoms with Gasteiger partial charge in [-0.15, -0.1) is 0 Å². The molecule has 1 aromatic carbocycles. The number of rotatable bonds is 6. The molecule has 2 fully saturated rings. The fourth-order valence-electron chi connectivity index (χ4n) is 2.90. The van der Waals surface area contributed by atoms with Gasteiger partial charge in [-0.05, 0) is 36.5 Å². The molecule has 1 N–H and O–H groups in total. The molecule has 0 aromatic heterocycles. The average Bonchev–Trinajstić information content (AvgIpc) is 2.68. The standard InChI is InChI=1S/C18H22N4O4S/c1-25-14-4-2-13(3-5-14)22-17(24)15(16(23)20-18(22)27)12-19-6-7-21-8-10-26-11-9-21/h2-5,12,15H,6-11H2,1H3,(H,20,23,27)/t15-/m0/s1. The smallest absolute Gasteiger partial charge is 0.251 e. The number of aliphatic imine (C=N–C) groups is 1. The van der Waals surface area contributed by atoms with E-state index in [0.717, 1.165) is 32.8 Å². The molecule has 0 spiro atoms. The van der Waals surface area contributed by atoms with Gasteiger partial charge < -0.3 is 14.8 Å². The van der Waals surface area contributed by atoms with Crippen LogP contribution in [0, 0.1) is 5.92 Å². The number of nitrogens with zero attached hydrogens (tertiary/aromatic N) is 3. The summed E-state index contributed by atoms with van der Waals surface area (Å²) in [6, 6.07) is 6.89. The van der Waals surface area contributed by atoms with Gasteiger partial charge in [0.05, 0.1) is 32.6 Å². The minimum absolute atomic E-state index is 0.0631. The predicted octanol–water partition coefficient (Wildman–Crippen LogP) is 0.462. The Morgan fingerprint density at radius 3 is 2.67 bits per heavy atom. The molecular weight excluding hydrogens is 368 g/mol. The third kappa shape index (κ3) is 4.68. The predicted molar refractivity (Wildman–Crippen MR) is 105 cm³/mol. The molecule has 1 aromatic rings. The summed E-state index contributed by atoms with van der Waals surface area (Å²) in [7, 11) is 1.56. The SMILES string of the molecule is COc1ccc(N2C(=O)[C@@H](C=NCCN3CCOCC3)C(=O)NC2=S)cc1. The van der Waals surface area contributed by atoms with Crippen molar-refractivity contribution < 1.29 is 19.1 Å². The van der Waals surface area contributed by atoms with E-state index in [0.29, 0.717) is 18.0 Å². The van der Waals surface area contributed by atoms with Crippen molar-refractivity contribution in [3.05, 3.63) is 24.3 Å². The van der Waals surface area contributed by atoms with Gasteiger partial charge in [0.2, 0.25) is 5.91 Å². The summed E-state index contributed by atoms with van der Waals surface area (Å²) in [6.07, 6.45) is 1.41. The number of amides is 2. The Hall–Kier alpha value is -2.36. The van der Waals surface area contributed by atoms with Crippen LogP contribution in [0.4, 0.5) is 5.69 Å².